The van der Waals surface area contributed by atoms with Gasteiger partial charge in [-0.15, -0.1) is 0 Å². The number of hydrogen-bond donors (Lipinski definition) is 1. The van der Waals surface area contributed by atoms with E-state index in [1.807, 2.05) is 0 Å². The molecule has 1 aliphatic rings. The second-order valence-electron chi connectivity index (χ2n) is 6.18. The first kappa shape index (κ1) is 18.6. The minimum absolute atomic E-state index is 0.106. The molecule has 0 saturated carbocycles. The average molecular weight is 411 g/mol. The van der Waals surface area contributed by atoms with Gasteiger partial charge in [-0.05, 0) is 24.3 Å². The Bertz CT molecular complexity index is 1120. The van der Waals surface area contributed by atoms with Gasteiger partial charge in [0.2, 0.25) is 0 Å². The van der Waals surface area contributed by atoms with Crippen molar-refractivity contribution in [3.05, 3.63) is 76.5 Å². The lowest BCUT2D eigenvalue weighted by Crippen LogP contribution is -2.38. The number of aromatic nitrogens is 3. The Labute approximate surface area is 169 Å². The predicted molar refractivity (Wildman–Crippen MR) is 101 cm³/mol. The molecule has 4 rings (SSSR count). The highest BCUT2D eigenvalue weighted by Gasteiger charge is 2.37. The standard InChI is InChI=1S/C19H12ClFN6O2/c20-16-11(9-22)8-14(21)17(25-16)24-15(27-7-3-6-23-27)10-26-18(28)12-4-1-2-5-13(12)19(26)29/h1-8,15H,10H2,(H,24,25). The van der Waals surface area contributed by atoms with Crippen LogP contribution in [0.4, 0.5) is 10.2 Å². The highest BCUT2D eigenvalue weighted by molar-refractivity contribution is 6.30. The molecule has 3 aromatic rings. The van der Waals surface area contributed by atoms with Gasteiger partial charge in [0.05, 0.1) is 23.2 Å². The number of nitriles is 1. The maximum Gasteiger partial charge on any atom is 0.261 e. The van der Waals surface area contributed by atoms with E-state index in [1.54, 1.807) is 42.6 Å². The van der Waals surface area contributed by atoms with Gasteiger partial charge in [-0.25, -0.2) is 14.1 Å². The van der Waals surface area contributed by atoms with Crippen molar-refractivity contribution >= 4 is 29.2 Å². The lowest BCUT2D eigenvalue weighted by molar-refractivity contribution is 0.0634. The summed E-state index contributed by atoms with van der Waals surface area (Å²) in [6.07, 6.45) is 2.28. The summed E-state index contributed by atoms with van der Waals surface area (Å²) >= 11 is 5.91. The van der Waals surface area contributed by atoms with E-state index in [2.05, 4.69) is 15.4 Å². The molecule has 3 heterocycles. The van der Waals surface area contributed by atoms with Crippen molar-refractivity contribution in [1.29, 1.82) is 5.26 Å². The lowest BCUT2D eigenvalue weighted by atomic mass is 10.1. The Morgan fingerprint density at radius 3 is 2.48 bits per heavy atom. The number of imide groups is 1. The topological polar surface area (TPSA) is 104 Å². The minimum Gasteiger partial charge on any atom is -0.344 e. The van der Waals surface area contributed by atoms with Crippen LogP contribution in [0.5, 0.6) is 0 Å². The SMILES string of the molecule is N#Cc1cc(F)c(NC(CN2C(=O)c3ccccc3C2=O)n2cccn2)nc1Cl. The summed E-state index contributed by atoms with van der Waals surface area (Å²) in [5.74, 6) is -1.93. The first-order valence-corrected chi connectivity index (χ1v) is 8.84. The fourth-order valence-electron chi connectivity index (χ4n) is 3.04. The van der Waals surface area contributed by atoms with Gasteiger partial charge in [-0.3, -0.25) is 14.5 Å². The highest BCUT2D eigenvalue weighted by Crippen LogP contribution is 2.26. The van der Waals surface area contributed by atoms with Gasteiger partial charge in [0.15, 0.2) is 11.6 Å². The van der Waals surface area contributed by atoms with Crippen LogP contribution in [0, 0.1) is 17.1 Å². The smallest absolute Gasteiger partial charge is 0.261 e. The van der Waals surface area contributed by atoms with Gasteiger partial charge >= 0.3 is 0 Å². The van der Waals surface area contributed by atoms with Gasteiger partial charge in [0, 0.05) is 12.4 Å². The maximum atomic E-state index is 14.4. The number of rotatable bonds is 5. The lowest BCUT2D eigenvalue weighted by Gasteiger charge is -2.24. The van der Waals surface area contributed by atoms with Crippen LogP contribution in [0.3, 0.4) is 0 Å². The number of halogens is 2. The van der Waals surface area contributed by atoms with Crippen LogP contribution < -0.4 is 5.32 Å². The molecule has 2 amide bonds. The maximum absolute atomic E-state index is 14.4. The summed E-state index contributed by atoms with van der Waals surface area (Å²) in [6.45, 7) is -0.132. The molecule has 0 radical (unpaired) electrons. The molecule has 144 valence electrons. The molecule has 29 heavy (non-hydrogen) atoms. The fourth-order valence-corrected chi connectivity index (χ4v) is 3.22. The quantitative estimate of drug-likeness (QED) is 0.512. The summed E-state index contributed by atoms with van der Waals surface area (Å²) in [7, 11) is 0. The zero-order chi connectivity index (χ0) is 20.5. The first-order chi connectivity index (χ1) is 14.0. The molecule has 1 aliphatic heterocycles. The Morgan fingerprint density at radius 2 is 1.90 bits per heavy atom. The van der Waals surface area contributed by atoms with Gasteiger partial charge < -0.3 is 5.32 Å². The normalized spacial score (nSPS) is 13.9. The van der Waals surface area contributed by atoms with Crippen molar-refractivity contribution in [3.63, 3.8) is 0 Å². The van der Waals surface area contributed by atoms with E-state index in [0.717, 1.165) is 11.0 Å². The molecule has 0 fully saturated rings. The molecule has 1 atom stereocenters. The average Bonchev–Trinajstić information content (AvgIpc) is 3.33. The van der Waals surface area contributed by atoms with Gasteiger partial charge in [0.1, 0.15) is 17.4 Å². The van der Waals surface area contributed by atoms with Crippen molar-refractivity contribution in [2.24, 2.45) is 0 Å². The monoisotopic (exact) mass is 410 g/mol. The van der Waals surface area contributed by atoms with Gasteiger partial charge in [0.25, 0.3) is 11.8 Å². The number of benzene rings is 1. The summed E-state index contributed by atoms with van der Waals surface area (Å²) in [5, 5.41) is 15.7. The van der Waals surface area contributed by atoms with E-state index >= 15 is 0 Å². The number of hydrogen-bond acceptors (Lipinski definition) is 6. The Kier molecular flexibility index (Phi) is 4.70. The minimum atomic E-state index is -0.821. The van der Waals surface area contributed by atoms with E-state index < -0.39 is 23.8 Å². The largest absolute Gasteiger partial charge is 0.344 e. The number of carbonyl (C=O) groups excluding carboxylic acids is 2. The molecule has 0 aliphatic carbocycles. The number of pyridine rings is 1. The van der Waals surface area contributed by atoms with Crippen LogP contribution in [0.15, 0.2) is 48.8 Å². The van der Waals surface area contributed by atoms with Crippen LogP contribution in [0.2, 0.25) is 5.15 Å². The number of nitrogens with one attached hydrogen (secondary N) is 1. The van der Waals surface area contributed by atoms with Crippen LogP contribution in [-0.2, 0) is 0 Å². The third-order valence-electron chi connectivity index (χ3n) is 4.43. The van der Waals surface area contributed by atoms with Crippen molar-refractivity contribution in [3.8, 4) is 6.07 Å². The molecule has 0 saturated heterocycles. The third kappa shape index (κ3) is 3.30. The van der Waals surface area contributed by atoms with Crippen LogP contribution in [0.1, 0.15) is 32.4 Å². The molecule has 2 aromatic heterocycles. The summed E-state index contributed by atoms with van der Waals surface area (Å²) in [5.41, 5.74) is 0.510. The number of nitrogens with zero attached hydrogens (tertiary/aromatic N) is 5. The van der Waals surface area contributed by atoms with E-state index in [0.29, 0.717) is 11.1 Å². The second-order valence-corrected chi connectivity index (χ2v) is 6.54. The zero-order valence-corrected chi connectivity index (χ0v) is 15.5. The number of amides is 2. The molecule has 10 heteroatoms. The Hall–Kier alpha value is -3.77. The molecule has 1 aromatic carbocycles. The van der Waals surface area contributed by atoms with E-state index in [1.165, 1.54) is 10.9 Å². The molecular weight excluding hydrogens is 399 g/mol. The van der Waals surface area contributed by atoms with Crippen molar-refractivity contribution in [2.45, 2.75) is 6.17 Å². The summed E-state index contributed by atoms with van der Waals surface area (Å²) < 4.78 is 15.8. The van der Waals surface area contributed by atoms with Gasteiger partial charge in [-0.2, -0.15) is 10.4 Å². The number of carbonyl (C=O) groups is 2. The van der Waals surface area contributed by atoms with Gasteiger partial charge in [-0.1, -0.05) is 23.7 Å². The molecule has 0 spiro atoms. The van der Waals surface area contributed by atoms with Crippen LogP contribution >= 0.6 is 11.6 Å². The molecule has 8 nitrogen and oxygen atoms in total. The molecule has 1 N–H and O–H groups in total. The van der Waals surface area contributed by atoms with E-state index in [-0.39, 0.29) is 23.1 Å². The van der Waals surface area contributed by atoms with Crippen molar-refractivity contribution in [1.82, 2.24) is 19.7 Å². The van der Waals surface area contributed by atoms with Crippen LogP contribution in [-0.4, -0.2) is 38.0 Å². The molecule has 0 bridgehead atoms. The second kappa shape index (κ2) is 7.33. The Morgan fingerprint density at radius 1 is 1.21 bits per heavy atom. The van der Waals surface area contributed by atoms with Crippen molar-refractivity contribution < 1.29 is 14.0 Å². The summed E-state index contributed by atoms with van der Waals surface area (Å²) in [6, 6.07) is 10.9. The van der Waals surface area contributed by atoms with E-state index in [4.69, 9.17) is 16.9 Å². The van der Waals surface area contributed by atoms with Crippen molar-refractivity contribution in [2.75, 3.05) is 11.9 Å². The molecular formula is C19H12ClFN6O2. The van der Waals surface area contributed by atoms with Crippen LogP contribution in [0.25, 0.3) is 0 Å². The number of anilines is 1. The van der Waals surface area contributed by atoms with E-state index in [9.17, 15) is 14.0 Å². The number of fused-ring (bicyclic) bond motifs is 1. The highest BCUT2D eigenvalue weighted by atomic mass is 35.5. The Balaban J connectivity index is 1.65. The zero-order valence-electron chi connectivity index (χ0n) is 14.7. The molecule has 1 unspecified atom stereocenters. The third-order valence-corrected chi connectivity index (χ3v) is 4.72. The fraction of sp³-hybridized carbons (Fsp3) is 0.105. The first-order valence-electron chi connectivity index (χ1n) is 8.46. The summed E-state index contributed by atoms with van der Waals surface area (Å²) in [4.78, 5) is 30.3. The predicted octanol–water partition coefficient (Wildman–Crippen LogP) is 2.85.